The molecule has 1 saturated heterocycles. The summed E-state index contributed by atoms with van der Waals surface area (Å²) >= 11 is 0. The van der Waals surface area contributed by atoms with Crippen molar-refractivity contribution in [2.45, 2.75) is 95.6 Å². The zero-order valence-electron chi connectivity index (χ0n) is 23.7. The van der Waals surface area contributed by atoms with E-state index in [0.717, 1.165) is 0 Å². The minimum atomic E-state index is -1.87. The summed E-state index contributed by atoms with van der Waals surface area (Å²) in [4.78, 5) is 51.2. The topological polar surface area (TPSA) is 161 Å². The second-order valence-electron chi connectivity index (χ2n) is 11.9. The molecule has 2 aromatic rings. The van der Waals surface area contributed by atoms with Crippen molar-refractivity contribution in [3.63, 3.8) is 0 Å². The standard InChI is InChI=1S/C29H34O12/c1-15(30)37-20-14-27(5,34)29-22(40-25(33)19-10-8-12-36-19)17(26(3,4)41-29)13-21(28(29,6)23(20)38-16(2)31)39-24(32)18-9-7-11-35-18/h7-12,17,20-23,34H,13-14H2,1-6H3/t17-,20+,21+,22-,23+,27+,28-,29+/m1/s1. The van der Waals surface area contributed by atoms with E-state index in [4.69, 9.17) is 32.5 Å². The number of ether oxygens (including phenoxy) is 5. The van der Waals surface area contributed by atoms with Gasteiger partial charge in [-0.1, -0.05) is 0 Å². The van der Waals surface area contributed by atoms with E-state index in [0.29, 0.717) is 0 Å². The van der Waals surface area contributed by atoms with Crippen molar-refractivity contribution in [2.24, 2.45) is 11.3 Å². The summed E-state index contributed by atoms with van der Waals surface area (Å²) < 4.78 is 40.8. The number of fused-ring (bicyclic) bond motifs is 1. The quantitative estimate of drug-likeness (QED) is 0.397. The van der Waals surface area contributed by atoms with Crippen molar-refractivity contribution in [1.82, 2.24) is 0 Å². The van der Waals surface area contributed by atoms with Crippen LogP contribution in [0.5, 0.6) is 0 Å². The molecule has 3 heterocycles. The van der Waals surface area contributed by atoms with Crippen molar-refractivity contribution in [3.8, 4) is 0 Å². The predicted octanol–water partition coefficient (Wildman–Crippen LogP) is 3.22. The number of esters is 4. The molecule has 222 valence electrons. The Morgan fingerprint density at radius 2 is 1.39 bits per heavy atom. The van der Waals surface area contributed by atoms with Gasteiger partial charge in [-0.15, -0.1) is 0 Å². The smallest absolute Gasteiger partial charge is 0.374 e. The average Bonchev–Trinajstić information content (AvgIpc) is 3.61. The average molecular weight is 575 g/mol. The molecule has 0 radical (unpaired) electrons. The van der Waals surface area contributed by atoms with E-state index in [1.54, 1.807) is 20.8 Å². The van der Waals surface area contributed by atoms with Crippen LogP contribution in [-0.4, -0.2) is 70.2 Å². The van der Waals surface area contributed by atoms with Crippen molar-refractivity contribution >= 4 is 23.9 Å². The van der Waals surface area contributed by atoms with Gasteiger partial charge >= 0.3 is 23.9 Å². The fraction of sp³-hybridized carbons (Fsp3) is 0.586. The zero-order chi connectivity index (χ0) is 30.0. The van der Waals surface area contributed by atoms with Gasteiger partial charge in [0, 0.05) is 26.2 Å². The molecule has 8 atom stereocenters. The van der Waals surface area contributed by atoms with E-state index in [2.05, 4.69) is 0 Å². The van der Waals surface area contributed by atoms with Crippen LogP contribution in [0, 0.1) is 11.3 Å². The molecule has 3 fully saturated rings. The van der Waals surface area contributed by atoms with Crippen molar-refractivity contribution in [3.05, 3.63) is 48.3 Å². The molecule has 2 saturated carbocycles. The number of aliphatic hydroxyl groups is 1. The first-order valence-electron chi connectivity index (χ1n) is 13.4. The van der Waals surface area contributed by atoms with Crippen molar-refractivity contribution in [1.29, 1.82) is 0 Å². The summed E-state index contributed by atoms with van der Waals surface area (Å²) in [7, 11) is 0. The lowest BCUT2D eigenvalue weighted by Gasteiger charge is -2.65. The normalized spacial score (nSPS) is 37.0. The second kappa shape index (κ2) is 9.73. The fourth-order valence-electron chi connectivity index (χ4n) is 7.34. The van der Waals surface area contributed by atoms with Crippen LogP contribution >= 0.6 is 0 Å². The Kier molecular flexibility index (Phi) is 6.85. The van der Waals surface area contributed by atoms with Gasteiger partial charge < -0.3 is 37.6 Å². The Labute approximate surface area is 236 Å². The van der Waals surface area contributed by atoms with Gasteiger partial charge in [0.05, 0.1) is 29.1 Å². The van der Waals surface area contributed by atoms with Gasteiger partial charge in [-0.05, 0) is 58.4 Å². The molecule has 2 aromatic heterocycles. The molecule has 1 spiro atoms. The second-order valence-corrected chi connectivity index (χ2v) is 11.9. The number of hydrogen-bond donors (Lipinski definition) is 1. The van der Waals surface area contributed by atoms with Crippen molar-refractivity contribution < 1.29 is 56.8 Å². The molecule has 12 heteroatoms. The van der Waals surface area contributed by atoms with E-state index in [-0.39, 0.29) is 24.4 Å². The maximum atomic E-state index is 13.3. The highest BCUT2D eigenvalue weighted by atomic mass is 16.6. The monoisotopic (exact) mass is 574 g/mol. The summed E-state index contributed by atoms with van der Waals surface area (Å²) in [6.45, 7) is 9.06. The van der Waals surface area contributed by atoms with Gasteiger partial charge in [-0.25, -0.2) is 9.59 Å². The molecular formula is C29H34O12. The Bertz CT molecular complexity index is 1330. The molecular weight excluding hydrogens is 540 g/mol. The maximum Gasteiger partial charge on any atom is 0.374 e. The molecule has 0 aromatic carbocycles. The molecule has 1 N–H and O–H groups in total. The third kappa shape index (κ3) is 4.35. The van der Waals surface area contributed by atoms with E-state index in [9.17, 15) is 24.3 Å². The minimum absolute atomic E-state index is 0.0588. The molecule has 2 bridgehead atoms. The van der Waals surface area contributed by atoms with Gasteiger partial charge in [0.15, 0.2) is 6.10 Å². The van der Waals surface area contributed by atoms with Gasteiger partial charge in [0.25, 0.3) is 0 Å². The SMILES string of the molecule is CC(=O)O[C@H]1C[C@](C)(O)[C@]23OC(C)(C)[C@H](C[C@H](OC(=O)c4ccco4)[C@]2(C)[C@H]1OC(C)=O)[C@H]3OC(=O)c1ccco1. The first kappa shape index (κ1) is 28.9. The van der Waals surface area contributed by atoms with Crippen LogP contribution < -0.4 is 0 Å². The lowest BCUT2D eigenvalue weighted by atomic mass is 9.47. The van der Waals surface area contributed by atoms with E-state index in [1.165, 1.54) is 57.6 Å². The van der Waals surface area contributed by atoms with E-state index >= 15 is 0 Å². The molecule has 1 aliphatic heterocycles. The summed E-state index contributed by atoms with van der Waals surface area (Å²) in [5, 5.41) is 12.3. The summed E-state index contributed by atoms with van der Waals surface area (Å²) in [5.41, 5.74) is -6.34. The van der Waals surface area contributed by atoms with Crippen LogP contribution in [0.25, 0.3) is 0 Å². The Hall–Kier alpha value is -3.64. The minimum Gasteiger partial charge on any atom is -0.458 e. The number of rotatable bonds is 6. The molecule has 3 aliphatic rings. The number of hydrogen-bond acceptors (Lipinski definition) is 12. The fourth-order valence-corrected chi connectivity index (χ4v) is 7.34. The number of carbonyl (C=O) groups excluding carboxylic acids is 4. The Balaban J connectivity index is 1.71. The molecule has 12 nitrogen and oxygen atoms in total. The van der Waals surface area contributed by atoms with Gasteiger partial charge in [0.2, 0.25) is 11.5 Å². The Morgan fingerprint density at radius 1 is 0.829 bits per heavy atom. The lowest BCUT2D eigenvalue weighted by Crippen LogP contribution is -2.81. The highest BCUT2D eigenvalue weighted by Crippen LogP contribution is 2.69. The van der Waals surface area contributed by atoms with Crippen LogP contribution in [0.2, 0.25) is 0 Å². The third-order valence-electron chi connectivity index (χ3n) is 8.89. The zero-order valence-corrected chi connectivity index (χ0v) is 23.7. The molecule has 2 aliphatic carbocycles. The predicted molar refractivity (Wildman–Crippen MR) is 136 cm³/mol. The van der Waals surface area contributed by atoms with Gasteiger partial charge in [0.1, 0.15) is 23.9 Å². The maximum absolute atomic E-state index is 13.3. The van der Waals surface area contributed by atoms with Crippen LogP contribution in [-0.2, 0) is 33.3 Å². The highest BCUT2D eigenvalue weighted by Gasteiger charge is 2.84. The van der Waals surface area contributed by atoms with Crippen LogP contribution in [0.3, 0.4) is 0 Å². The van der Waals surface area contributed by atoms with Crippen molar-refractivity contribution in [2.75, 3.05) is 0 Å². The highest BCUT2D eigenvalue weighted by molar-refractivity contribution is 5.87. The summed E-state index contributed by atoms with van der Waals surface area (Å²) in [6.07, 6.45) is -2.15. The van der Waals surface area contributed by atoms with Crippen LogP contribution in [0.4, 0.5) is 0 Å². The van der Waals surface area contributed by atoms with E-state index < -0.39 is 76.4 Å². The van der Waals surface area contributed by atoms with Crippen LogP contribution in [0.1, 0.15) is 75.5 Å². The third-order valence-corrected chi connectivity index (χ3v) is 8.89. The molecule has 0 amide bonds. The molecule has 5 rings (SSSR count). The molecule has 41 heavy (non-hydrogen) atoms. The number of furan rings is 2. The lowest BCUT2D eigenvalue weighted by molar-refractivity contribution is -0.343. The van der Waals surface area contributed by atoms with Gasteiger partial charge in [-0.2, -0.15) is 0 Å². The van der Waals surface area contributed by atoms with E-state index in [1.807, 2.05) is 0 Å². The van der Waals surface area contributed by atoms with Crippen LogP contribution in [0.15, 0.2) is 45.6 Å². The Morgan fingerprint density at radius 3 is 1.90 bits per heavy atom. The number of carbonyl (C=O) groups is 4. The summed E-state index contributed by atoms with van der Waals surface area (Å²) in [5.74, 6) is -3.69. The van der Waals surface area contributed by atoms with Gasteiger partial charge in [-0.3, -0.25) is 9.59 Å². The molecule has 0 unspecified atom stereocenters. The largest absolute Gasteiger partial charge is 0.458 e. The first-order valence-corrected chi connectivity index (χ1v) is 13.4. The first-order chi connectivity index (χ1) is 19.1. The summed E-state index contributed by atoms with van der Waals surface area (Å²) in [6, 6.07) is 5.95.